The first-order chi connectivity index (χ1) is 8.66. The molecule has 0 bridgehead atoms. The number of hydrogen-bond acceptors (Lipinski definition) is 1. The Balaban J connectivity index is 2.00. The van der Waals surface area contributed by atoms with Crippen LogP contribution >= 0.6 is 27.5 Å². The summed E-state index contributed by atoms with van der Waals surface area (Å²) in [7, 11) is 0. The van der Waals surface area contributed by atoms with Crippen molar-refractivity contribution in [1.82, 2.24) is 5.32 Å². The molecule has 0 radical (unpaired) electrons. The molecule has 0 fully saturated rings. The maximum Gasteiger partial charge on any atom is 0.0409 e. The summed E-state index contributed by atoms with van der Waals surface area (Å²) in [5.74, 6) is 0. The van der Waals surface area contributed by atoms with Crippen molar-refractivity contribution >= 4 is 27.5 Å². The highest BCUT2D eigenvalue weighted by Gasteiger charge is 2.06. The molecule has 2 rings (SSSR count). The lowest BCUT2D eigenvalue weighted by molar-refractivity contribution is 0.574. The minimum atomic E-state index is 0.274. The third-order valence-electron chi connectivity index (χ3n) is 2.91. The van der Waals surface area contributed by atoms with E-state index >= 15 is 0 Å². The Bertz CT molecular complexity index is 527. The van der Waals surface area contributed by atoms with E-state index in [9.17, 15) is 0 Å². The van der Waals surface area contributed by atoms with Crippen molar-refractivity contribution in [3.05, 3.63) is 69.2 Å². The SMILES string of the molecule is C[C@H](NCc1ccccc1Br)c1cccc(Cl)c1. The molecule has 0 aromatic heterocycles. The summed E-state index contributed by atoms with van der Waals surface area (Å²) in [6.45, 7) is 2.97. The number of hydrogen-bond donors (Lipinski definition) is 1. The lowest BCUT2D eigenvalue weighted by atomic mass is 10.1. The number of rotatable bonds is 4. The zero-order valence-corrected chi connectivity index (χ0v) is 12.5. The van der Waals surface area contributed by atoms with E-state index in [4.69, 9.17) is 11.6 Å². The predicted molar refractivity (Wildman–Crippen MR) is 80.8 cm³/mol. The first kappa shape index (κ1) is 13.6. The molecular formula is C15H15BrClN. The molecule has 3 heteroatoms. The van der Waals surface area contributed by atoms with E-state index in [1.54, 1.807) is 0 Å². The third-order valence-corrected chi connectivity index (χ3v) is 3.91. The Kier molecular flexibility index (Phi) is 4.81. The van der Waals surface area contributed by atoms with Crippen LogP contribution in [0.25, 0.3) is 0 Å². The summed E-state index contributed by atoms with van der Waals surface area (Å²) in [5.41, 5.74) is 2.46. The quantitative estimate of drug-likeness (QED) is 0.838. The van der Waals surface area contributed by atoms with Gasteiger partial charge in [-0.25, -0.2) is 0 Å². The maximum absolute atomic E-state index is 6.00. The summed E-state index contributed by atoms with van der Waals surface area (Å²) < 4.78 is 1.13. The Hall–Kier alpha value is -0.830. The highest BCUT2D eigenvalue weighted by atomic mass is 79.9. The molecule has 0 aliphatic heterocycles. The van der Waals surface area contributed by atoms with Gasteiger partial charge in [0.25, 0.3) is 0 Å². The standard InChI is InChI=1S/C15H15BrClN/c1-11(12-6-4-7-14(17)9-12)18-10-13-5-2-3-8-15(13)16/h2-9,11,18H,10H2,1H3/t11-/m0/s1. The molecule has 0 saturated carbocycles. The maximum atomic E-state index is 6.00. The van der Waals surface area contributed by atoms with Gasteiger partial charge in [-0.15, -0.1) is 0 Å². The summed E-state index contributed by atoms with van der Waals surface area (Å²) in [6, 6.07) is 16.5. The Morgan fingerprint density at radius 2 is 1.94 bits per heavy atom. The van der Waals surface area contributed by atoms with Crippen molar-refractivity contribution in [3.63, 3.8) is 0 Å². The van der Waals surface area contributed by atoms with Gasteiger partial charge in [0.05, 0.1) is 0 Å². The molecule has 0 unspecified atom stereocenters. The van der Waals surface area contributed by atoms with Crippen LogP contribution in [0.5, 0.6) is 0 Å². The van der Waals surface area contributed by atoms with Gasteiger partial charge in [-0.3, -0.25) is 0 Å². The van der Waals surface area contributed by atoms with Gasteiger partial charge < -0.3 is 5.32 Å². The Morgan fingerprint density at radius 1 is 1.17 bits per heavy atom. The van der Waals surface area contributed by atoms with Crippen LogP contribution in [0.4, 0.5) is 0 Å². The van der Waals surface area contributed by atoms with Crippen molar-refractivity contribution in [2.24, 2.45) is 0 Å². The summed E-state index contributed by atoms with van der Waals surface area (Å²) in [6.07, 6.45) is 0. The summed E-state index contributed by atoms with van der Waals surface area (Å²) in [4.78, 5) is 0. The van der Waals surface area contributed by atoms with Crippen LogP contribution in [0.15, 0.2) is 53.0 Å². The van der Waals surface area contributed by atoms with Gasteiger partial charge in [0.2, 0.25) is 0 Å². The summed E-state index contributed by atoms with van der Waals surface area (Å²) >= 11 is 9.55. The number of benzene rings is 2. The molecule has 0 spiro atoms. The monoisotopic (exact) mass is 323 g/mol. The van der Waals surface area contributed by atoms with Crippen LogP contribution < -0.4 is 5.32 Å². The fourth-order valence-electron chi connectivity index (χ4n) is 1.80. The molecular weight excluding hydrogens is 310 g/mol. The molecule has 1 nitrogen and oxygen atoms in total. The molecule has 0 heterocycles. The van der Waals surface area contributed by atoms with E-state index in [2.05, 4.69) is 46.4 Å². The van der Waals surface area contributed by atoms with E-state index in [0.29, 0.717) is 0 Å². The zero-order valence-electron chi connectivity index (χ0n) is 10.2. The first-order valence-corrected chi connectivity index (χ1v) is 7.06. The number of nitrogens with one attached hydrogen (secondary N) is 1. The molecule has 94 valence electrons. The van der Waals surface area contributed by atoms with Gasteiger partial charge in [-0.1, -0.05) is 57.9 Å². The molecule has 1 atom stereocenters. The van der Waals surface area contributed by atoms with Crippen LogP contribution in [0.3, 0.4) is 0 Å². The van der Waals surface area contributed by atoms with Gasteiger partial charge in [0, 0.05) is 22.1 Å². The fourth-order valence-corrected chi connectivity index (χ4v) is 2.42. The van der Waals surface area contributed by atoms with Crippen molar-refractivity contribution in [2.45, 2.75) is 19.5 Å². The topological polar surface area (TPSA) is 12.0 Å². The van der Waals surface area contributed by atoms with Crippen LogP contribution in [0.1, 0.15) is 24.1 Å². The van der Waals surface area contributed by atoms with E-state index in [-0.39, 0.29) is 6.04 Å². The van der Waals surface area contributed by atoms with Gasteiger partial charge in [0.1, 0.15) is 0 Å². The van der Waals surface area contributed by atoms with E-state index in [0.717, 1.165) is 16.0 Å². The molecule has 1 N–H and O–H groups in total. The Morgan fingerprint density at radius 3 is 2.67 bits per heavy atom. The molecule has 0 saturated heterocycles. The lowest BCUT2D eigenvalue weighted by Gasteiger charge is -2.15. The molecule has 0 aliphatic rings. The predicted octanol–water partition coefficient (Wildman–Crippen LogP) is 4.95. The second kappa shape index (κ2) is 6.37. The van der Waals surface area contributed by atoms with Crippen molar-refractivity contribution < 1.29 is 0 Å². The van der Waals surface area contributed by atoms with E-state index in [1.165, 1.54) is 11.1 Å². The molecule has 2 aromatic rings. The van der Waals surface area contributed by atoms with Crippen LogP contribution in [0.2, 0.25) is 5.02 Å². The highest BCUT2D eigenvalue weighted by molar-refractivity contribution is 9.10. The average molecular weight is 325 g/mol. The van der Waals surface area contributed by atoms with Crippen molar-refractivity contribution in [3.8, 4) is 0 Å². The van der Waals surface area contributed by atoms with Crippen LogP contribution in [-0.2, 0) is 6.54 Å². The fraction of sp³-hybridized carbons (Fsp3) is 0.200. The second-order valence-electron chi connectivity index (χ2n) is 4.25. The van der Waals surface area contributed by atoms with Crippen LogP contribution in [0, 0.1) is 0 Å². The minimum absolute atomic E-state index is 0.274. The smallest absolute Gasteiger partial charge is 0.0409 e. The van der Waals surface area contributed by atoms with E-state index < -0.39 is 0 Å². The molecule has 18 heavy (non-hydrogen) atoms. The number of halogens is 2. The zero-order chi connectivity index (χ0) is 13.0. The van der Waals surface area contributed by atoms with Gasteiger partial charge in [-0.05, 0) is 36.2 Å². The third kappa shape index (κ3) is 3.58. The average Bonchev–Trinajstić information content (AvgIpc) is 2.37. The highest BCUT2D eigenvalue weighted by Crippen LogP contribution is 2.20. The molecule has 0 amide bonds. The van der Waals surface area contributed by atoms with Crippen molar-refractivity contribution in [1.29, 1.82) is 0 Å². The largest absolute Gasteiger partial charge is 0.306 e. The van der Waals surface area contributed by atoms with E-state index in [1.807, 2.05) is 30.3 Å². The van der Waals surface area contributed by atoms with Gasteiger partial charge in [0.15, 0.2) is 0 Å². The van der Waals surface area contributed by atoms with Gasteiger partial charge in [-0.2, -0.15) is 0 Å². The summed E-state index contributed by atoms with van der Waals surface area (Å²) in [5, 5.41) is 4.27. The first-order valence-electron chi connectivity index (χ1n) is 5.89. The van der Waals surface area contributed by atoms with Crippen molar-refractivity contribution in [2.75, 3.05) is 0 Å². The lowest BCUT2D eigenvalue weighted by Crippen LogP contribution is -2.18. The minimum Gasteiger partial charge on any atom is -0.306 e. The normalized spacial score (nSPS) is 12.4. The van der Waals surface area contributed by atoms with Gasteiger partial charge >= 0.3 is 0 Å². The van der Waals surface area contributed by atoms with Crippen LogP contribution in [-0.4, -0.2) is 0 Å². The molecule has 0 aliphatic carbocycles. The molecule has 2 aromatic carbocycles. The second-order valence-corrected chi connectivity index (χ2v) is 5.54. The Labute approximate surface area is 121 Å².